The molecule has 186 valence electrons. The number of methoxy groups -OCH3 is 1. The van der Waals surface area contributed by atoms with Crippen molar-refractivity contribution in [1.82, 2.24) is 9.47 Å². The highest BCUT2D eigenvalue weighted by Gasteiger charge is 2.23. The summed E-state index contributed by atoms with van der Waals surface area (Å²) < 4.78 is 12.5. The number of rotatable bonds is 7. The van der Waals surface area contributed by atoms with Crippen LogP contribution in [0, 0.1) is 0 Å². The van der Waals surface area contributed by atoms with Gasteiger partial charge in [-0.2, -0.15) is 0 Å². The van der Waals surface area contributed by atoms with Crippen LogP contribution >= 0.6 is 0 Å². The fourth-order valence-corrected chi connectivity index (χ4v) is 4.12. The third-order valence-electron chi connectivity index (χ3n) is 5.81. The highest BCUT2D eigenvalue weighted by molar-refractivity contribution is 5.95. The summed E-state index contributed by atoms with van der Waals surface area (Å²) in [5.41, 5.74) is 2.88. The Morgan fingerprint density at radius 2 is 1.44 bits per heavy atom. The minimum absolute atomic E-state index is 0.0336. The Bertz CT molecular complexity index is 1300. The van der Waals surface area contributed by atoms with Crippen LogP contribution in [-0.4, -0.2) is 34.2 Å². The van der Waals surface area contributed by atoms with Gasteiger partial charge in [-0.25, -0.2) is 4.79 Å². The zero-order chi connectivity index (χ0) is 25.7. The standard InChI is InChI=1S/C30H32N2O4/c1-30(2,3)36-29(34)32-21-24(26-18-25(35-4)15-16-27(26)32)17-28(33)31(19-22-11-7-5-8-12-22)20-23-13-9-6-10-14-23/h5-16,18,21H,17,19-20H2,1-4H3. The largest absolute Gasteiger partial charge is 0.497 e. The van der Waals surface area contributed by atoms with Gasteiger partial charge in [0, 0.05) is 24.7 Å². The summed E-state index contributed by atoms with van der Waals surface area (Å²) in [7, 11) is 1.60. The molecule has 0 unspecified atom stereocenters. The molecule has 1 heterocycles. The first kappa shape index (κ1) is 25.0. The molecule has 6 heteroatoms. The van der Waals surface area contributed by atoms with E-state index in [1.54, 1.807) is 19.4 Å². The van der Waals surface area contributed by atoms with Crippen molar-refractivity contribution in [2.45, 2.75) is 45.9 Å². The smallest absolute Gasteiger partial charge is 0.419 e. The van der Waals surface area contributed by atoms with E-state index in [-0.39, 0.29) is 12.3 Å². The van der Waals surface area contributed by atoms with E-state index < -0.39 is 11.7 Å². The molecule has 4 rings (SSSR count). The van der Waals surface area contributed by atoms with Gasteiger partial charge in [0.05, 0.1) is 19.0 Å². The summed E-state index contributed by atoms with van der Waals surface area (Å²) in [6, 6.07) is 25.4. The lowest BCUT2D eigenvalue weighted by molar-refractivity contribution is -0.131. The first-order valence-corrected chi connectivity index (χ1v) is 12.0. The molecule has 1 aromatic heterocycles. The Balaban J connectivity index is 1.68. The second-order valence-corrected chi connectivity index (χ2v) is 9.79. The van der Waals surface area contributed by atoms with Crippen LogP contribution in [0.25, 0.3) is 10.9 Å². The summed E-state index contributed by atoms with van der Waals surface area (Å²) in [6.07, 6.45) is 1.36. The van der Waals surface area contributed by atoms with Crippen LogP contribution in [0.2, 0.25) is 0 Å². The van der Waals surface area contributed by atoms with Crippen LogP contribution < -0.4 is 4.74 Å². The number of carbonyl (C=O) groups is 2. The molecule has 6 nitrogen and oxygen atoms in total. The second kappa shape index (κ2) is 10.7. The predicted molar refractivity (Wildman–Crippen MR) is 141 cm³/mol. The maximum absolute atomic E-state index is 13.7. The van der Waals surface area contributed by atoms with E-state index in [2.05, 4.69) is 0 Å². The topological polar surface area (TPSA) is 60.8 Å². The van der Waals surface area contributed by atoms with Gasteiger partial charge in [0.2, 0.25) is 5.91 Å². The molecule has 36 heavy (non-hydrogen) atoms. The number of hydrogen-bond donors (Lipinski definition) is 0. The number of benzene rings is 3. The average molecular weight is 485 g/mol. The average Bonchev–Trinajstić information content (AvgIpc) is 3.21. The summed E-state index contributed by atoms with van der Waals surface area (Å²) in [4.78, 5) is 28.5. The molecule has 0 spiro atoms. The Labute approximate surface area is 212 Å². The molecule has 0 saturated carbocycles. The van der Waals surface area contributed by atoms with Crippen molar-refractivity contribution in [3.8, 4) is 5.75 Å². The minimum atomic E-state index is -0.641. The number of carbonyl (C=O) groups excluding carboxylic acids is 2. The van der Waals surface area contributed by atoms with E-state index >= 15 is 0 Å². The Morgan fingerprint density at radius 1 is 0.861 bits per heavy atom. The van der Waals surface area contributed by atoms with Crippen LogP contribution in [0.1, 0.15) is 37.5 Å². The fraction of sp³-hybridized carbons (Fsp3) is 0.267. The van der Waals surface area contributed by atoms with Gasteiger partial charge in [0.25, 0.3) is 0 Å². The van der Waals surface area contributed by atoms with Gasteiger partial charge >= 0.3 is 6.09 Å². The zero-order valence-electron chi connectivity index (χ0n) is 21.2. The number of aromatic nitrogens is 1. The third-order valence-corrected chi connectivity index (χ3v) is 5.81. The molecule has 0 radical (unpaired) electrons. The SMILES string of the molecule is COc1ccc2c(c1)c(CC(=O)N(Cc1ccccc1)Cc1ccccc1)cn2C(=O)OC(C)(C)C. The van der Waals surface area contributed by atoms with Gasteiger partial charge in [-0.05, 0) is 55.7 Å². The van der Waals surface area contributed by atoms with E-state index in [1.807, 2.05) is 98.5 Å². The van der Waals surface area contributed by atoms with Crippen molar-refractivity contribution in [2.24, 2.45) is 0 Å². The van der Waals surface area contributed by atoms with Crippen molar-refractivity contribution in [3.05, 3.63) is 102 Å². The molecule has 3 aromatic carbocycles. The van der Waals surface area contributed by atoms with E-state index in [0.29, 0.717) is 24.4 Å². The number of hydrogen-bond acceptors (Lipinski definition) is 4. The second-order valence-electron chi connectivity index (χ2n) is 9.79. The van der Waals surface area contributed by atoms with E-state index in [9.17, 15) is 9.59 Å². The molecule has 0 aliphatic heterocycles. The summed E-state index contributed by atoms with van der Waals surface area (Å²) in [6.45, 7) is 6.46. The molecule has 0 saturated heterocycles. The number of fused-ring (bicyclic) bond motifs is 1. The van der Waals surface area contributed by atoms with Crippen molar-refractivity contribution in [3.63, 3.8) is 0 Å². The molecule has 0 aliphatic rings. The lowest BCUT2D eigenvalue weighted by Crippen LogP contribution is -2.31. The van der Waals surface area contributed by atoms with Gasteiger partial charge < -0.3 is 14.4 Å². The van der Waals surface area contributed by atoms with Gasteiger partial charge in [-0.3, -0.25) is 9.36 Å². The minimum Gasteiger partial charge on any atom is -0.497 e. The van der Waals surface area contributed by atoms with E-state index in [4.69, 9.17) is 9.47 Å². The normalized spacial score (nSPS) is 11.3. The van der Waals surface area contributed by atoms with Crippen LogP contribution in [0.15, 0.2) is 85.1 Å². The van der Waals surface area contributed by atoms with Crippen molar-refractivity contribution in [1.29, 1.82) is 0 Å². The zero-order valence-corrected chi connectivity index (χ0v) is 21.2. The van der Waals surface area contributed by atoms with Crippen molar-refractivity contribution < 1.29 is 19.1 Å². The fourth-order valence-electron chi connectivity index (χ4n) is 4.12. The summed E-state index contributed by atoms with van der Waals surface area (Å²) in [5, 5.41) is 0.785. The molecule has 0 fully saturated rings. The summed E-state index contributed by atoms with van der Waals surface area (Å²) >= 11 is 0. The molecular formula is C30H32N2O4. The van der Waals surface area contributed by atoms with Gasteiger partial charge in [-0.1, -0.05) is 60.7 Å². The van der Waals surface area contributed by atoms with E-state index in [1.165, 1.54) is 4.57 Å². The Morgan fingerprint density at radius 3 is 1.97 bits per heavy atom. The Kier molecular flexibility index (Phi) is 7.44. The summed E-state index contributed by atoms with van der Waals surface area (Å²) in [5.74, 6) is 0.623. The number of amides is 1. The molecule has 0 bridgehead atoms. The molecular weight excluding hydrogens is 452 g/mol. The maximum atomic E-state index is 13.7. The highest BCUT2D eigenvalue weighted by Crippen LogP contribution is 2.28. The van der Waals surface area contributed by atoms with Gasteiger partial charge in [0.15, 0.2) is 0 Å². The lowest BCUT2D eigenvalue weighted by atomic mass is 10.1. The predicted octanol–water partition coefficient (Wildman–Crippen LogP) is 6.20. The van der Waals surface area contributed by atoms with Gasteiger partial charge in [-0.15, -0.1) is 0 Å². The first-order valence-electron chi connectivity index (χ1n) is 12.0. The first-order chi connectivity index (χ1) is 17.2. The van der Waals surface area contributed by atoms with Crippen LogP contribution in [-0.2, 0) is 29.0 Å². The van der Waals surface area contributed by atoms with Crippen molar-refractivity contribution in [2.75, 3.05) is 7.11 Å². The number of ether oxygens (including phenoxy) is 2. The molecule has 4 aromatic rings. The quantitative estimate of drug-likeness (QED) is 0.313. The van der Waals surface area contributed by atoms with Crippen molar-refractivity contribution >= 4 is 22.9 Å². The van der Waals surface area contributed by atoms with E-state index in [0.717, 1.165) is 22.1 Å². The molecule has 0 N–H and O–H groups in total. The highest BCUT2D eigenvalue weighted by atomic mass is 16.6. The molecule has 1 amide bonds. The Hall–Kier alpha value is -4.06. The van der Waals surface area contributed by atoms with Gasteiger partial charge in [0.1, 0.15) is 11.4 Å². The van der Waals surface area contributed by atoms with Crippen LogP contribution in [0.5, 0.6) is 5.75 Å². The van der Waals surface area contributed by atoms with Crippen LogP contribution in [0.3, 0.4) is 0 Å². The third kappa shape index (κ3) is 6.13. The maximum Gasteiger partial charge on any atom is 0.419 e. The lowest BCUT2D eigenvalue weighted by Gasteiger charge is -2.23. The van der Waals surface area contributed by atoms with Crippen LogP contribution in [0.4, 0.5) is 4.79 Å². The number of nitrogens with zero attached hydrogens (tertiary/aromatic N) is 2. The molecule has 0 aliphatic carbocycles. The monoisotopic (exact) mass is 484 g/mol. The molecule has 0 atom stereocenters.